The third-order valence-corrected chi connectivity index (χ3v) is 4.49. The highest BCUT2D eigenvalue weighted by Gasteiger charge is 2.14. The van der Waals surface area contributed by atoms with E-state index in [9.17, 15) is 0 Å². The van der Waals surface area contributed by atoms with Gasteiger partial charge in [-0.25, -0.2) is 4.98 Å². The van der Waals surface area contributed by atoms with Gasteiger partial charge in [-0.15, -0.1) is 0 Å². The van der Waals surface area contributed by atoms with Crippen LogP contribution in [-0.2, 0) is 0 Å². The summed E-state index contributed by atoms with van der Waals surface area (Å²) in [6, 6.07) is 20.7. The second kappa shape index (κ2) is 6.64. The van der Waals surface area contributed by atoms with Gasteiger partial charge in [0.15, 0.2) is 5.65 Å². The third-order valence-electron chi connectivity index (χ3n) is 4.49. The van der Waals surface area contributed by atoms with Crippen molar-refractivity contribution in [2.75, 3.05) is 5.32 Å². The van der Waals surface area contributed by atoms with Gasteiger partial charge in [-0.05, 0) is 30.5 Å². The topological polar surface area (TPSA) is 42.2 Å². The molecule has 0 spiro atoms. The van der Waals surface area contributed by atoms with Crippen LogP contribution < -0.4 is 5.32 Å². The van der Waals surface area contributed by atoms with Crippen molar-refractivity contribution >= 4 is 17.2 Å². The Hall–Kier alpha value is -3.14. The van der Waals surface area contributed by atoms with Gasteiger partial charge in [-0.1, -0.05) is 61.9 Å². The van der Waals surface area contributed by atoms with Crippen LogP contribution in [0.1, 0.15) is 31.0 Å². The molecule has 0 atom stereocenters. The van der Waals surface area contributed by atoms with E-state index in [0.717, 1.165) is 34.0 Å². The fourth-order valence-electron chi connectivity index (χ4n) is 2.97. The molecule has 0 aliphatic rings. The molecule has 0 bridgehead atoms. The number of nitrogens with one attached hydrogen (secondary N) is 1. The summed E-state index contributed by atoms with van der Waals surface area (Å²) in [6.45, 7) is 6.41. The molecule has 0 saturated carbocycles. The lowest BCUT2D eigenvalue weighted by atomic mass is 10.1. The van der Waals surface area contributed by atoms with Gasteiger partial charge in [-0.3, -0.25) is 0 Å². The minimum atomic E-state index is 0.331. The van der Waals surface area contributed by atoms with Gasteiger partial charge < -0.3 is 5.32 Å². The minimum Gasteiger partial charge on any atom is -0.340 e. The Kier molecular flexibility index (Phi) is 4.17. The van der Waals surface area contributed by atoms with E-state index in [1.807, 2.05) is 28.9 Å². The summed E-state index contributed by atoms with van der Waals surface area (Å²) in [7, 11) is 0. The molecule has 0 amide bonds. The number of aryl methyl sites for hydroxylation is 1. The normalized spacial score (nSPS) is 11.2. The molecular weight excluding hydrogens is 320 g/mol. The zero-order valence-corrected chi connectivity index (χ0v) is 15.3. The van der Waals surface area contributed by atoms with Crippen molar-refractivity contribution in [1.29, 1.82) is 0 Å². The van der Waals surface area contributed by atoms with Crippen LogP contribution in [0.15, 0.2) is 66.9 Å². The molecule has 0 aliphatic heterocycles. The highest BCUT2D eigenvalue weighted by atomic mass is 15.3. The minimum absolute atomic E-state index is 0.331. The molecule has 130 valence electrons. The first-order valence-corrected chi connectivity index (χ1v) is 8.89. The maximum atomic E-state index is 4.89. The van der Waals surface area contributed by atoms with E-state index >= 15 is 0 Å². The van der Waals surface area contributed by atoms with E-state index in [1.54, 1.807) is 0 Å². The van der Waals surface area contributed by atoms with Gasteiger partial charge in [0.1, 0.15) is 5.82 Å². The summed E-state index contributed by atoms with van der Waals surface area (Å²) < 4.78 is 1.88. The molecule has 0 saturated heterocycles. The number of aromatic nitrogens is 3. The molecule has 1 N–H and O–H groups in total. The highest BCUT2D eigenvalue weighted by Crippen LogP contribution is 2.28. The van der Waals surface area contributed by atoms with Crippen LogP contribution in [-0.4, -0.2) is 14.6 Å². The molecule has 0 aliphatic carbocycles. The van der Waals surface area contributed by atoms with E-state index in [4.69, 9.17) is 4.98 Å². The van der Waals surface area contributed by atoms with Crippen molar-refractivity contribution < 1.29 is 0 Å². The molecule has 4 aromatic rings. The van der Waals surface area contributed by atoms with Crippen molar-refractivity contribution in [1.82, 2.24) is 14.6 Å². The van der Waals surface area contributed by atoms with Crippen molar-refractivity contribution in [2.45, 2.75) is 26.7 Å². The quantitative estimate of drug-likeness (QED) is 0.527. The Morgan fingerprint density at radius 1 is 0.962 bits per heavy atom. The first-order chi connectivity index (χ1) is 12.6. The largest absolute Gasteiger partial charge is 0.340 e. The molecule has 2 aromatic heterocycles. The Labute approximate surface area is 153 Å². The number of hydrogen-bond acceptors (Lipinski definition) is 3. The molecule has 0 fully saturated rings. The van der Waals surface area contributed by atoms with Crippen molar-refractivity contribution in [3.8, 4) is 11.1 Å². The predicted octanol–water partition coefficient (Wildman–Crippen LogP) is 5.57. The van der Waals surface area contributed by atoms with Crippen LogP contribution in [0.5, 0.6) is 0 Å². The monoisotopic (exact) mass is 342 g/mol. The maximum absolute atomic E-state index is 4.89. The summed E-state index contributed by atoms with van der Waals surface area (Å²) in [5.41, 5.74) is 6.36. The van der Waals surface area contributed by atoms with Crippen molar-refractivity contribution in [3.05, 3.63) is 78.1 Å². The lowest BCUT2D eigenvalue weighted by Gasteiger charge is -2.13. The van der Waals surface area contributed by atoms with Gasteiger partial charge in [0.05, 0.1) is 6.20 Å². The smallest absolute Gasteiger partial charge is 0.165 e. The SMILES string of the molecule is Cc1ccc(Nc2cc(C(C)C)nc3c(-c4ccccc4)cnn23)cc1. The van der Waals surface area contributed by atoms with Gasteiger partial charge in [-0.2, -0.15) is 9.61 Å². The lowest BCUT2D eigenvalue weighted by Crippen LogP contribution is -2.05. The fraction of sp³-hybridized carbons (Fsp3) is 0.182. The van der Waals surface area contributed by atoms with Crippen LogP contribution in [0.3, 0.4) is 0 Å². The van der Waals surface area contributed by atoms with Gasteiger partial charge in [0, 0.05) is 23.0 Å². The Balaban J connectivity index is 1.86. The molecule has 2 heterocycles. The summed E-state index contributed by atoms with van der Waals surface area (Å²) in [5, 5.41) is 8.10. The Morgan fingerprint density at radius 3 is 2.38 bits per heavy atom. The van der Waals surface area contributed by atoms with Crippen LogP contribution in [0.2, 0.25) is 0 Å². The zero-order valence-electron chi connectivity index (χ0n) is 15.3. The summed E-state index contributed by atoms with van der Waals surface area (Å²) >= 11 is 0. The number of hydrogen-bond donors (Lipinski definition) is 1. The first kappa shape index (κ1) is 16.3. The molecule has 4 rings (SSSR count). The van der Waals surface area contributed by atoms with Crippen molar-refractivity contribution in [3.63, 3.8) is 0 Å². The number of nitrogens with zero attached hydrogens (tertiary/aromatic N) is 3. The molecule has 26 heavy (non-hydrogen) atoms. The van der Waals surface area contributed by atoms with E-state index in [-0.39, 0.29) is 0 Å². The Bertz CT molecular complexity index is 1030. The van der Waals surface area contributed by atoms with Gasteiger partial charge in [0.25, 0.3) is 0 Å². The molecule has 4 nitrogen and oxygen atoms in total. The lowest BCUT2D eigenvalue weighted by molar-refractivity contribution is 0.811. The van der Waals surface area contributed by atoms with E-state index < -0.39 is 0 Å². The maximum Gasteiger partial charge on any atom is 0.165 e. The van der Waals surface area contributed by atoms with Gasteiger partial charge in [0.2, 0.25) is 0 Å². The first-order valence-electron chi connectivity index (χ1n) is 8.89. The van der Waals surface area contributed by atoms with Crippen LogP contribution in [0.25, 0.3) is 16.8 Å². The third kappa shape index (κ3) is 3.06. The molecule has 0 radical (unpaired) electrons. The fourth-order valence-corrected chi connectivity index (χ4v) is 2.97. The second-order valence-corrected chi connectivity index (χ2v) is 6.87. The number of benzene rings is 2. The van der Waals surface area contributed by atoms with Gasteiger partial charge >= 0.3 is 0 Å². The van der Waals surface area contributed by atoms with E-state index in [1.165, 1.54) is 5.56 Å². The average molecular weight is 342 g/mol. The molecule has 4 heteroatoms. The molecular formula is C22H22N4. The standard InChI is InChI=1S/C22H22N4/c1-15(2)20-13-21(24-18-11-9-16(3)10-12-18)26-22(25-20)19(14-23-26)17-7-5-4-6-8-17/h4-15,24H,1-3H3. The number of fused-ring (bicyclic) bond motifs is 1. The van der Waals surface area contributed by atoms with Crippen molar-refractivity contribution in [2.24, 2.45) is 0 Å². The van der Waals surface area contributed by atoms with E-state index in [0.29, 0.717) is 5.92 Å². The summed E-state index contributed by atoms with van der Waals surface area (Å²) in [5.74, 6) is 1.25. The van der Waals surface area contributed by atoms with Crippen LogP contribution in [0.4, 0.5) is 11.5 Å². The highest BCUT2D eigenvalue weighted by molar-refractivity contribution is 5.78. The summed E-state index contributed by atoms with van der Waals surface area (Å²) in [6.07, 6.45) is 1.89. The zero-order chi connectivity index (χ0) is 18.1. The Morgan fingerprint density at radius 2 is 1.69 bits per heavy atom. The number of anilines is 2. The summed E-state index contributed by atoms with van der Waals surface area (Å²) in [4.78, 5) is 4.89. The average Bonchev–Trinajstić information content (AvgIpc) is 3.08. The molecule has 0 unspecified atom stereocenters. The molecule has 2 aromatic carbocycles. The number of rotatable bonds is 4. The predicted molar refractivity (Wildman–Crippen MR) is 107 cm³/mol. The van der Waals surface area contributed by atoms with E-state index in [2.05, 4.69) is 73.7 Å². The second-order valence-electron chi connectivity index (χ2n) is 6.87. The van der Waals surface area contributed by atoms with Crippen LogP contribution in [0, 0.1) is 6.92 Å². The van der Waals surface area contributed by atoms with Crippen LogP contribution >= 0.6 is 0 Å².